The Kier molecular flexibility index (Phi) is 4.98. The van der Waals surface area contributed by atoms with E-state index in [1.165, 1.54) is 35.1 Å². The monoisotopic (exact) mass is 255 g/mol. The highest BCUT2D eigenvalue weighted by molar-refractivity contribution is 5.74. The molecule has 0 radical (unpaired) electrons. The van der Waals surface area contributed by atoms with E-state index in [1.807, 2.05) is 0 Å². The van der Waals surface area contributed by atoms with Gasteiger partial charge in [-0.05, 0) is 49.9 Å². The van der Waals surface area contributed by atoms with Crippen molar-refractivity contribution in [1.29, 1.82) is 0 Å². The van der Waals surface area contributed by atoms with E-state index in [9.17, 15) is 0 Å². The SMILES string of the molecule is CCCCNC(C)c1ccccc1C1=CC(C)=CC1. The van der Waals surface area contributed by atoms with Crippen LogP contribution in [0.5, 0.6) is 0 Å². The first-order valence-electron chi connectivity index (χ1n) is 7.42. The topological polar surface area (TPSA) is 12.0 Å². The first-order chi connectivity index (χ1) is 9.22. The first-order valence-corrected chi connectivity index (χ1v) is 7.42. The van der Waals surface area contributed by atoms with Gasteiger partial charge in [0.25, 0.3) is 0 Å². The van der Waals surface area contributed by atoms with Crippen molar-refractivity contribution >= 4 is 5.57 Å². The second kappa shape index (κ2) is 6.72. The van der Waals surface area contributed by atoms with E-state index < -0.39 is 0 Å². The van der Waals surface area contributed by atoms with Crippen molar-refractivity contribution in [3.63, 3.8) is 0 Å². The van der Waals surface area contributed by atoms with Crippen molar-refractivity contribution in [2.24, 2.45) is 0 Å². The summed E-state index contributed by atoms with van der Waals surface area (Å²) >= 11 is 0. The van der Waals surface area contributed by atoms with Gasteiger partial charge >= 0.3 is 0 Å². The molecule has 0 spiro atoms. The van der Waals surface area contributed by atoms with E-state index in [-0.39, 0.29) is 0 Å². The summed E-state index contributed by atoms with van der Waals surface area (Å²) in [6.45, 7) is 7.78. The molecule has 0 aliphatic heterocycles. The molecule has 1 aliphatic carbocycles. The maximum atomic E-state index is 3.63. The van der Waals surface area contributed by atoms with Gasteiger partial charge in [0.1, 0.15) is 0 Å². The highest BCUT2D eigenvalue weighted by atomic mass is 14.9. The van der Waals surface area contributed by atoms with E-state index in [0.717, 1.165) is 13.0 Å². The summed E-state index contributed by atoms with van der Waals surface area (Å²) in [5.74, 6) is 0. The lowest BCUT2D eigenvalue weighted by Crippen LogP contribution is -2.20. The Bertz CT molecular complexity index is 482. The van der Waals surface area contributed by atoms with Crippen LogP contribution in [0.1, 0.15) is 57.2 Å². The molecule has 19 heavy (non-hydrogen) atoms. The molecule has 1 N–H and O–H groups in total. The van der Waals surface area contributed by atoms with Crippen LogP contribution in [0.25, 0.3) is 5.57 Å². The van der Waals surface area contributed by atoms with Gasteiger partial charge in [-0.2, -0.15) is 0 Å². The maximum Gasteiger partial charge on any atom is 0.0297 e. The van der Waals surface area contributed by atoms with Gasteiger partial charge in [0.2, 0.25) is 0 Å². The minimum Gasteiger partial charge on any atom is -0.310 e. The smallest absolute Gasteiger partial charge is 0.0297 e. The van der Waals surface area contributed by atoms with Crippen LogP contribution < -0.4 is 5.32 Å². The molecule has 0 aromatic heterocycles. The van der Waals surface area contributed by atoms with Crippen molar-refractivity contribution in [3.05, 3.63) is 53.1 Å². The minimum atomic E-state index is 0.421. The maximum absolute atomic E-state index is 3.63. The van der Waals surface area contributed by atoms with Crippen LogP contribution in [-0.2, 0) is 0 Å². The number of hydrogen-bond donors (Lipinski definition) is 1. The minimum absolute atomic E-state index is 0.421. The number of unbranched alkanes of at least 4 members (excludes halogenated alkanes) is 1. The van der Waals surface area contributed by atoms with Crippen LogP contribution in [0.2, 0.25) is 0 Å². The molecule has 2 rings (SSSR count). The van der Waals surface area contributed by atoms with Crippen molar-refractivity contribution < 1.29 is 0 Å². The molecule has 1 atom stereocenters. The zero-order valence-corrected chi connectivity index (χ0v) is 12.4. The molecular weight excluding hydrogens is 230 g/mol. The van der Waals surface area contributed by atoms with E-state index in [4.69, 9.17) is 0 Å². The van der Waals surface area contributed by atoms with Gasteiger partial charge in [-0.15, -0.1) is 0 Å². The molecule has 1 heteroatoms. The van der Waals surface area contributed by atoms with Gasteiger partial charge < -0.3 is 5.32 Å². The molecule has 0 saturated carbocycles. The van der Waals surface area contributed by atoms with Crippen LogP contribution in [0.15, 0.2) is 42.0 Å². The van der Waals surface area contributed by atoms with Gasteiger partial charge in [0.05, 0.1) is 0 Å². The van der Waals surface area contributed by atoms with Gasteiger partial charge in [0.15, 0.2) is 0 Å². The van der Waals surface area contributed by atoms with E-state index in [1.54, 1.807) is 0 Å². The quantitative estimate of drug-likeness (QED) is 0.715. The number of hydrogen-bond acceptors (Lipinski definition) is 1. The van der Waals surface area contributed by atoms with Crippen LogP contribution in [0.4, 0.5) is 0 Å². The van der Waals surface area contributed by atoms with Gasteiger partial charge in [-0.3, -0.25) is 0 Å². The normalized spacial score (nSPS) is 16.2. The summed E-state index contributed by atoms with van der Waals surface area (Å²) < 4.78 is 0. The number of allylic oxidation sites excluding steroid dienone is 4. The predicted octanol–water partition coefficient (Wildman–Crippen LogP) is 4.87. The van der Waals surface area contributed by atoms with Crippen LogP contribution in [0, 0.1) is 0 Å². The second-order valence-corrected chi connectivity index (χ2v) is 5.44. The van der Waals surface area contributed by atoms with Crippen molar-refractivity contribution in [1.82, 2.24) is 5.32 Å². The largest absolute Gasteiger partial charge is 0.310 e. The molecule has 1 aliphatic rings. The Morgan fingerprint density at radius 3 is 2.74 bits per heavy atom. The third kappa shape index (κ3) is 3.57. The third-order valence-electron chi connectivity index (χ3n) is 3.80. The molecule has 102 valence electrons. The summed E-state index contributed by atoms with van der Waals surface area (Å²) in [5, 5.41) is 3.63. The average Bonchev–Trinajstić information content (AvgIpc) is 2.85. The molecule has 0 amide bonds. The Labute approximate surface area is 117 Å². The van der Waals surface area contributed by atoms with Crippen LogP contribution in [-0.4, -0.2) is 6.54 Å². The molecule has 0 fully saturated rings. The Hall–Kier alpha value is -1.34. The Morgan fingerprint density at radius 1 is 1.26 bits per heavy atom. The second-order valence-electron chi connectivity index (χ2n) is 5.44. The number of benzene rings is 1. The van der Waals surface area contributed by atoms with Crippen molar-refractivity contribution in [2.45, 2.75) is 46.1 Å². The zero-order valence-electron chi connectivity index (χ0n) is 12.4. The van der Waals surface area contributed by atoms with Gasteiger partial charge in [-0.25, -0.2) is 0 Å². The van der Waals surface area contributed by atoms with E-state index in [2.05, 4.69) is 62.5 Å². The first kappa shape index (κ1) is 14.1. The summed E-state index contributed by atoms with van der Waals surface area (Å²) in [5.41, 5.74) is 5.67. The van der Waals surface area contributed by atoms with E-state index >= 15 is 0 Å². The van der Waals surface area contributed by atoms with Crippen molar-refractivity contribution in [3.8, 4) is 0 Å². The molecule has 0 heterocycles. The molecule has 1 aromatic rings. The fourth-order valence-electron chi connectivity index (χ4n) is 2.62. The Morgan fingerprint density at radius 2 is 2.05 bits per heavy atom. The summed E-state index contributed by atoms with van der Waals surface area (Å²) in [6.07, 6.45) is 8.19. The highest BCUT2D eigenvalue weighted by Gasteiger charge is 2.14. The third-order valence-corrected chi connectivity index (χ3v) is 3.80. The van der Waals surface area contributed by atoms with E-state index in [0.29, 0.717) is 6.04 Å². The molecular formula is C18H25N. The predicted molar refractivity (Wildman–Crippen MR) is 84.1 cm³/mol. The fourth-order valence-corrected chi connectivity index (χ4v) is 2.62. The molecule has 1 unspecified atom stereocenters. The number of nitrogens with one attached hydrogen (secondary N) is 1. The Balaban J connectivity index is 2.15. The lowest BCUT2D eigenvalue weighted by atomic mass is 9.95. The average molecular weight is 255 g/mol. The number of rotatable bonds is 6. The summed E-state index contributed by atoms with van der Waals surface area (Å²) in [7, 11) is 0. The van der Waals surface area contributed by atoms with Crippen LogP contribution in [0.3, 0.4) is 0 Å². The van der Waals surface area contributed by atoms with Crippen LogP contribution >= 0.6 is 0 Å². The van der Waals surface area contributed by atoms with Gasteiger partial charge in [0, 0.05) is 6.04 Å². The highest BCUT2D eigenvalue weighted by Crippen LogP contribution is 2.31. The summed E-state index contributed by atoms with van der Waals surface area (Å²) in [4.78, 5) is 0. The fraction of sp³-hybridized carbons (Fsp3) is 0.444. The lowest BCUT2D eigenvalue weighted by Gasteiger charge is -2.18. The zero-order chi connectivity index (χ0) is 13.7. The lowest BCUT2D eigenvalue weighted by molar-refractivity contribution is 0.553. The van der Waals surface area contributed by atoms with Crippen molar-refractivity contribution in [2.75, 3.05) is 6.54 Å². The molecule has 1 nitrogen and oxygen atoms in total. The molecule has 1 aromatic carbocycles. The van der Waals surface area contributed by atoms with Gasteiger partial charge in [-0.1, -0.05) is 55.3 Å². The molecule has 0 bridgehead atoms. The summed E-state index contributed by atoms with van der Waals surface area (Å²) in [6, 6.07) is 9.22. The molecule has 0 saturated heterocycles. The standard InChI is InChI=1S/C18H25N/c1-4-5-12-19-15(3)17-8-6-7-9-18(17)16-11-10-14(2)13-16/h6-10,13,15,19H,4-5,11-12H2,1-3H3.